The van der Waals surface area contributed by atoms with Crippen LogP contribution in [0.1, 0.15) is 33.6 Å². The molecule has 7 heteroatoms. The van der Waals surface area contributed by atoms with Gasteiger partial charge in [-0.25, -0.2) is 4.79 Å². The van der Waals surface area contributed by atoms with E-state index in [1.165, 1.54) is 4.90 Å². The van der Waals surface area contributed by atoms with Gasteiger partial charge in [0.1, 0.15) is 6.29 Å². The smallest absolute Gasteiger partial charge is 0.451 e. The molecular formula is C29H31N2NiO4. The van der Waals surface area contributed by atoms with Gasteiger partial charge < -0.3 is 30.4 Å². The predicted octanol–water partition coefficient (Wildman–Crippen LogP) is 6.12. The fraction of sp³-hybridized carbons (Fsp3) is 0.172. The standard InChI is InChI=1S/C18H19NO2.C11H12NO2.Ni/c1-3-15(4-2)21-18(20)19-17-13-9-8-12-16(17)14-10-6-5-7-11-14;1-3-12(2)11(14)10-6-4-9(8-13)5-7-10;/h5-13,15H,1-4H2,(H,19,20);4-8H,1,3H2,2H3;/q-2;-1;+3. The van der Waals surface area contributed by atoms with Crippen molar-refractivity contribution >= 4 is 24.0 Å². The number of para-hydroxylation sites is 1. The molecule has 2 amide bonds. The second kappa shape index (κ2) is 16.3. The zero-order valence-electron chi connectivity index (χ0n) is 20.3. The summed E-state index contributed by atoms with van der Waals surface area (Å²) in [6.45, 7) is 11.5. The Balaban J connectivity index is 0.000000379. The van der Waals surface area contributed by atoms with Gasteiger partial charge in [-0.15, -0.1) is 19.4 Å². The Morgan fingerprint density at radius 1 is 0.917 bits per heavy atom. The maximum absolute atomic E-state index is 11.9. The van der Waals surface area contributed by atoms with Gasteiger partial charge in [-0.1, -0.05) is 60.7 Å². The van der Waals surface area contributed by atoms with Crippen LogP contribution < -0.4 is 5.32 Å². The monoisotopic (exact) mass is 529 g/mol. The second-order valence-electron chi connectivity index (χ2n) is 7.61. The summed E-state index contributed by atoms with van der Waals surface area (Å²) in [5.74, 6) is -0.0857. The van der Waals surface area contributed by atoms with Crippen molar-refractivity contribution in [2.45, 2.75) is 18.9 Å². The molecule has 0 unspecified atom stereocenters. The van der Waals surface area contributed by atoms with E-state index in [2.05, 4.69) is 26.1 Å². The minimum absolute atomic E-state index is 0. The molecule has 36 heavy (non-hydrogen) atoms. The molecule has 3 aromatic rings. The molecule has 0 atom stereocenters. The van der Waals surface area contributed by atoms with Crippen molar-refractivity contribution in [3.8, 4) is 11.1 Å². The third kappa shape index (κ3) is 9.31. The van der Waals surface area contributed by atoms with E-state index in [1.54, 1.807) is 31.3 Å². The van der Waals surface area contributed by atoms with E-state index < -0.39 is 6.09 Å². The molecule has 0 heterocycles. The molecule has 0 aromatic heterocycles. The summed E-state index contributed by atoms with van der Waals surface area (Å²) in [5, 5.41) is 2.79. The number of benzene rings is 3. The Labute approximate surface area is 224 Å². The van der Waals surface area contributed by atoms with Crippen LogP contribution in [-0.4, -0.2) is 42.9 Å². The number of aldehydes is 1. The fourth-order valence-corrected chi connectivity index (χ4v) is 3.04. The number of hydrogen-bond acceptors (Lipinski definition) is 4. The summed E-state index contributed by atoms with van der Waals surface area (Å²) < 4.78 is 5.27. The average molecular weight is 530 g/mol. The van der Waals surface area contributed by atoms with E-state index in [9.17, 15) is 14.4 Å². The van der Waals surface area contributed by atoms with E-state index in [4.69, 9.17) is 4.74 Å². The minimum Gasteiger partial charge on any atom is -0.451 e. The molecule has 0 aliphatic carbocycles. The third-order valence-corrected chi connectivity index (χ3v) is 5.14. The second-order valence-corrected chi connectivity index (χ2v) is 7.61. The van der Waals surface area contributed by atoms with Crippen LogP contribution in [0.3, 0.4) is 0 Å². The molecular weight excluding hydrogens is 499 g/mol. The van der Waals surface area contributed by atoms with Crippen molar-refractivity contribution in [2.75, 3.05) is 18.9 Å². The maximum atomic E-state index is 11.9. The van der Waals surface area contributed by atoms with E-state index in [0.29, 0.717) is 30.5 Å². The quantitative estimate of drug-likeness (QED) is 0.216. The number of anilines is 1. The average Bonchev–Trinajstić information content (AvgIpc) is 2.92. The SMILES string of the molecule is [CH2-]CC(C[CH2-])OC(=O)Nc1ccccc1-c1ccccc1.[CH2-]CN(C)C(=O)c1ccc(C=O)cc1.[Ni+3]. The van der Waals surface area contributed by atoms with E-state index in [0.717, 1.165) is 23.1 Å². The zero-order valence-corrected chi connectivity index (χ0v) is 21.3. The Hall–Kier alpha value is -3.44. The van der Waals surface area contributed by atoms with Crippen LogP contribution >= 0.6 is 0 Å². The number of nitrogens with one attached hydrogen (secondary N) is 1. The predicted molar refractivity (Wildman–Crippen MR) is 140 cm³/mol. The number of hydrogen-bond donors (Lipinski definition) is 1. The molecule has 0 aliphatic heterocycles. The first-order valence-electron chi connectivity index (χ1n) is 11.2. The number of rotatable bonds is 8. The number of ether oxygens (including phenoxy) is 1. The third-order valence-electron chi connectivity index (χ3n) is 5.14. The number of amides is 2. The molecule has 0 spiro atoms. The summed E-state index contributed by atoms with van der Waals surface area (Å²) in [6.07, 6.45) is 1.04. The van der Waals surface area contributed by atoms with Crippen LogP contribution in [0.5, 0.6) is 0 Å². The summed E-state index contributed by atoms with van der Waals surface area (Å²) in [4.78, 5) is 35.4. The number of nitrogens with zero attached hydrogens (tertiary/aromatic N) is 1. The van der Waals surface area contributed by atoms with Gasteiger partial charge in [0.15, 0.2) is 0 Å². The van der Waals surface area contributed by atoms with Crippen LogP contribution in [0.2, 0.25) is 0 Å². The Bertz CT molecular complexity index is 1080. The van der Waals surface area contributed by atoms with Gasteiger partial charge in [-0.2, -0.15) is 0 Å². The Morgan fingerprint density at radius 2 is 1.50 bits per heavy atom. The van der Waals surface area contributed by atoms with Crippen molar-refractivity contribution in [1.29, 1.82) is 0 Å². The van der Waals surface area contributed by atoms with Gasteiger partial charge in [-0.05, 0) is 23.8 Å². The van der Waals surface area contributed by atoms with Gasteiger partial charge in [0.05, 0.1) is 5.69 Å². The first-order chi connectivity index (χ1) is 16.9. The van der Waals surface area contributed by atoms with E-state index >= 15 is 0 Å². The molecule has 1 N–H and O–H groups in total. The Morgan fingerprint density at radius 3 is 2.06 bits per heavy atom. The van der Waals surface area contributed by atoms with Gasteiger partial charge in [0.25, 0.3) is 5.91 Å². The van der Waals surface area contributed by atoms with Crippen LogP contribution in [0.25, 0.3) is 11.1 Å². The largest absolute Gasteiger partial charge is 3.00 e. The maximum Gasteiger partial charge on any atom is 3.00 e. The van der Waals surface area contributed by atoms with Crippen molar-refractivity contribution in [3.63, 3.8) is 0 Å². The molecule has 3 aromatic carbocycles. The molecule has 3 rings (SSSR count). The summed E-state index contributed by atoms with van der Waals surface area (Å²) in [5.41, 5.74) is 3.86. The molecule has 6 nitrogen and oxygen atoms in total. The van der Waals surface area contributed by atoms with Crippen molar-refractivity contribution in [2.24, 2.45) is 0 Å². The first-order valence-corrected chi connectivity index (χ1v) is 11.2. The minimum atomic E-state index is -0.476. The van der Waals surface area contributed by atoms with E-state index in [1.807, 2.05) is 54.6 Å². The molecule has 0 aliphatic rings. The van der Waals surface area contributed by atoms with Gasteiger partial charge in [-0.3, -0.25) is 14.9 Å². The van der Waals surface area contributed by atoms with Crippen molar-refractivity contribution in [1.82, 2.24) is 4.90 Å². The Kier molecular flexibility index (Phi) is 13.8. The molecule has 0 bridgehead atoms. The van der Waals surface area contributed by atoms with Gasteiger partial charge in [0, 0.05) is 29.8 Å². The molecule has 0 saturated heterocycles. The van der Waals surface area contributed by atoms with Crippen LogP contribution in [0.15, 0.2) is 78.9 Å². The van der Waals surface area contributed by atoms with Crippen LogP contribution in [-0.2, 0) is 21.2 Å². The molecule has 0 fully saturated rings. The number of carbonyl (C=O) groups excluding carboxylic acids is 3. The summed E-state index contributed by atoms with van der Waals surface area (Å²) >= 11 is 0. The zero-order chi connectivity index (χ0) is 25.6. The fourth-order valence-electron chi connectivity index (χ4n) is 3.04. The molecule has 1 radical (unpaired) electrons. The summed E-state index contributed by atoms with van der Waals surface area (Å²) in [6, 6.07) is 24.0. The van der Waals surface area contributed by atoms with E-state index in [-0.39, 0.29) is 28.5 Å². The topological polar surface area (TPSA) is 75.7 Å². The van der Waals surface area contributed by atoms with Gasteiger partial charge in [0.2, 0.25) is 0 Å². The number of carbonyl (C=O) groups is 3. The van der Waals surface area contributed by atoms with Crippen LogP contribution in [0, 0.1) is 20.8 Å². The van der Waals surface area contributed by atoms with Gasteiger partial charge >= 0.3 is 22.6 Å². The van der Waals surface area contributed by atoms with Crippen molar-refractivity contribution in [3.05, 3.63) is 111 Å². The van der Waals surface area contributed by atoms with Crippen LogP contribution in [0.4, 0.5) is 10.5 Å². The summed E-state index contributed by atoms with van der Waals surface area (Å²) in [7, 11) is 1.68. The van der Waals surface area contributed by atoms with Crippen molar-refractivity contribution < 1.29 is 35.6 Å². The molecule has 191 valence electrons. The normalized spacial score (nSPS) is 9.81. The first kappa shape index (κ1) is 30.6. The molecule has 0 saturated carbocycles.